The van der Waals surface area contributed by atoms with Gasteiger partial charge in [0.1, 0.15) is 5.76 Å². The number of nitrogens with zero attached hydrogens (tertiary/aromatic N) is 3. The fraction of sp³-hybridized carbons (Fsp3) is 0.545. The van der Waals surface area contributed by atoms with Gasteiger partial charge in [0.25, 0.3) is 5.91 Å². The van der Waals surface area contributed by atoms with Crippen molar-refractivity contribution in [1.82, 2.24) is 15.2 Å². The van der Waals surface area contributed by atoms with Crippen LogP contribution < -0.4 is 9.62 Å². The number of aromatic nitrogens is 1. The lowest BCUT2D eigenvalue weighted by molar-refractivity contribution is 0.0933. The maximum atomic E-state index is 12.6. The number of sulfonamides is 1. The van der Waals surface area contributed by atoms with Crippen molar-refractivity contribution in [3.05, 3.63) is 46.7 Å². The van der Waals surface area contributed by atoms with Crippen molar-refractivity contribution >= 4 is 21.6 Å². The van der Waals surface area contributed by atoms with Gasteiger partial charge < -0.3 is 9.73 Å². The van der Waals surface area contributed by atoms with Crippen LogP contribution in [0.5, 0.6) is 0 Å². The summed E-state index contributed by atoms with van der Waals surface area (Å²) < 4.78 is 30.8. The Morgan fingerprint density at radius 1 is 1.23 bits per heavy atom. The number of likely N-dealkylation sites (tertiary alicyclic amines) is 1. The Labute approximate surface area is 183 Å². The zero-order valence-corrected chi connectivity index (χ0v) is 19.2. The third-order valence-electron chi connectivity index (χ3n) is 6.29. The Hall–Kier alpha value is -2.39. The number of nitrogens with one attached hydrogen (secondary N) is 1. The third-order valence-corrected chi connectivity index (χ3v) is 7.47. The van der Waals surface area contributed by atoms with Crippen molar-refractivity contribution < 1.29 is 17.6 Å². The highest BCUT2D eigenvalue weighted by Crippen LogP contribution is 2.30. The van der Waals surface area contributed by atoms with Crippen LogP contribution in [0.2, 0.25) is 0 Å². The molecule has 1 N–H and O–H groups in total. The van der Waals surface area contributed by atoms with Gasteiger partial charge in [0.15, 0.2) is 0 Å². The van der Waals surface area contributed by atoms with Gasteiger partial charge in [-0.15, -0.1) is 0 Å². The molecule has 1 aromatic heterocycles. The molecule has 3 heterocycles. The molecule has 1 amide bonds. The van der Waals surface area contributed by atoms with Gasteiger partial charge >= 0.3 is 0 Å². The number of anilines is 1. The zero-order valence-electron chi connectivity index (χ0n) is 18.3. The van der Waals surface area contributed by atoms with Crippen molar-refractivity contribution in [3.63, 3.8) is 0 Å². The van der Waals surface area contributed by atoms with Crippen molar-refractivity contribution in [3.8, 4) is 0 Å². The number of rotatable bonds is 6. The van der Waals surface area contributed by atoms with Crippen LogP contribution in [0.15, 0.2) is 22.6 Å². The van der Waals surface area contributed by atoms with E-state index in [1.807, 2.05) is 19.9 Å². The lowest BCUT2D eigenvalue weighted by Gasteiger charge is -2.31. The molecule has 1 fully saturated rings. The maximum absolute atomic E-state index is 12.6. The molecule has 0 radical (unpaired) electrons. The molecule has 0 aliphatic carbocycles. The standard InChI is InChI=1S/C22H30N4O4S/c1-15-16(2)30-21(24-15)14-25-9-6-17(7-10-25)13-23-22(27)19-4-5-20-18(12-19)8-11-26(20)31(3,28)29/h4-5,12,17H,6-11,13-14H2,1-3H3,(H,23,27). The van der Waals surface area contributed by atoms with Crippen molar-refractivity contribution in [2.45, 2.75) is 39.7 Å². The molecule has 2 aromatic rings. The Morgan fingerprint density at radius 2 is 1.97 bits per heavy atom. The van der Waals surface area contributed by atoms with E-state index in [-0.39, 0.29) is 5.91 Å². The van der Waals surface area contributed by atoms with Gasteiger partial charge in [-0.25, -0.2) is 13.4 Å². The van der Waals surface area contributed by atoms with Crippen LogP contribution in [0.4, 0.5) is 5.69 Å². The topological polar surface area (TPSA) is 95.8 Å². The molecule has 2 aliphatic heterocycles. The number of piperidine rings is 1. The molecule has 0 spiro atoms. The summed E-state index contributed by atoms with van der Waals surface area (Å²) in [5.74, 6) is 1.99. The quantitative estimate of drug-likeness (QED) is 0.731. The van der Waals surface area contributed by atoms with Crippen LogP contribution in [-0.2, 0) is 23.0 Å². The SMILES string of the molecule is Cc1nc(CN2CCC(CNC(=O)c3ccc4c(c3)CCN4S(C)(=O)=O)CC2)oc1C. The highest BCUT2D eigenvalue weighted by molar-refractivity contribution is 7.92. The van der Waals surface area contributed by atoms with E-state index in [4.69, 9.17) is 4.42 Å². The number of fused-ring (bicyclic) bond motifs is 1. The fourth-order valence-electron chi connectivity index (χ4n) is 4.34. The van der Waals surface area contributed by atoms with E-state index in [0.29, 0.717) is 36.7 Å². The third kappa shape index (κ3) is 4.93. The second-order valence-corrected chi connectivity index (χ2v) is 10.5. The first-order valence-corrected chi connectivity index (χ1v) is 12.6. The highest BCUT2D eigenvalue weighted by atomic mass is 32.2. The minimum absolute atomic E-state index is 0.103. The first-order valence-electron chi connectivity index (χ1n) is 10.7. The van der Waals surface area contributed by atoms with E-state index in [1.165, 1.54) is 10.6 Å². The number of aryl methyl sites for hydroxylation is 2. The summed E-state index contributed by atoms with van der Waals surface area (Å²) in [6, 6.07) is 5.27. The second-order valence-electron chi connectivity index (χ2n) is 8.61. The first-order chi connectivity index (χ1) is 14.7. The molecular weight excluding hydrogens is 416 g/mol. The molecule has 0 unspecified atom stereocenters. The Morgan fingerprint density at radius 3 is 2.61 bits per heavy atom. The molecule has 31 heavy (non-hydrogen) atoms. The van der Waals surface area contributed by atoms with Crippen molar-refractivity contribution in [2.24, 2.45) is 5.92 Å². The van der Waals surface area contributed by atoms with Gasteiger partial charge in [-0.3, -0.25) is 14.0 Å². The van der Waals surface area contributed by atoms with Crippen LogP contribution in [0.1, 0.15) is 46.1 Å². The number of benzene rings is 1. The van der Waals surface area contributed by atoms with Gasteiger partial charge in [-0.05, 0) is 75.9 Å². The Kier molecular flexibility index (Phi) is 6.07. The summed E-state index contributed by atoms with van der Waals surface area (Å²) in [5.41, 5.74) is 3.12. The van der Waals surface area contributed by atoms with Gasteiger partial charge in [0.2, 0.25) is 15.9 Å². The molecular formula is C22H30N4O4S. The molecule has 0 atom stereocenters. The van der Waals surface area contributed by atoms with Gasteiger partial charge in [0.05, 0.1) is 24.2 Å². The zero-order chi connectivity index (χ0) is 22.2. The summed E-state index contributed by atoms with van der Waals surface area (Å²) in [6.07, 6.45) is 3.88. The molecule has 0 saturated carbocycles. The van der Waals surface area contributed by atoms with Crippen LogP contribution >= 0.6 is 0 Å². The smallest absolute Gasteiger partial charge is 0.251 e. The Bertz CT molecular complexity index is 1050. The average molecular weight is 447 g/mol. The molecule has 8 nitrogen and oxygen atoms in total. The molecule has 168 valence electrons. The van der Waals surface area contributed by atoms with Crippen LogP contribution in [0.25, 0.3) is 0 Å². The van der Waals surface area contributed by atoms with Gasteiger partial charge in [-0.2, -0.15) is 0 Å². The minimum Gasteiger partial charge on any atom is -0.444 e. The van der Waals surface area contributed by atoms with E-state index >= 15 is 0 Å². The number of carbonyl (C=O) groups excluding carboxylic acids is 1. The predicted molar refractivity (Wildman–Crippen MR) is 119 cm³/mol. The van der Waals surface area contributed by atoms with Crippen LogP contribution in [0, 0.1) is 19.8 Å². The molecule has 1 aromatic carbocycles. The van der Waals surface area contributed by atoms with E-state index in [1.54, 1.807) is 12.1 Å². The monoisotopic (exact) mass is 446 g/mol. The van der Waals surface area contributed by atoms with Crippen LogP contribution in [0.3, 0.4) is 0 Å². The number of carbonyl (C=O) groups is 1. The summed E-state index contributed by atoms with van der Waals surface area (Å²) in [6.45, 7) is 7.63. The van der Waals surface area contributed by atoms with E-state index < -0.39 is 10.0 Å². The van der Waals surface area contributed by atoms with E-state index in [0.717, 1.165) is 55.4 Å². The lowest BCUT2D eigenvalue weighted by Crippen LogP contribution is -2.38. The molecule has 1 saturated heterocycles. The van der Waals surface area contributed by atoms with E-state index in [9.17, 15) is 13.2 Å². The van der Waals surface area contributed by atoms with Crippen LogP contribution in [-0.4, -0.2) is 56.6 Å². The second kappa shape index (κ2) is 8.63. The molecule has 4 rings (SSSR count). The number of amides is 1. The van der Waals surface area contributed by atoms with Gasteiger partial charge in [0, 0.05) is 18.7 Å². The first kappa shape index (κ1) is 21.8. The summed E-state index contributed by atoms with van der Waals surface area (Å²) in [7, 11) is -3.28. The minimum atomic E-state index is -3.28. The lowest BCUT2D eigenvalue weighted by atomic mass is 9.96. The number of oxazole rings is 1. The van der Waals surface area contributed by atoms with E-state index in [2.05, 4.69) is 15.2 Å². The molecule has 2 aliphatic rings. The maximum Gasteiger partial charge on any atom is 0.251 e. The summed E-state index contributed by atoms with van der Waals surface area (Å²) in [5, 5.41) is 3.06. The fourth-order valence-corrected chi connectivity index (χ4v) is 5.30. The molecule has 0 bridgehead atoms. The average Bonchev–Trinajstić information content (AvgIpc) is 3.29. The highest BCUT2D eigenvalue weighted by Gasteiger charge is 2.27. The van der Waals surface area contributed by atoms with Gasteiger partial charge in [-0.1, -0.05) is 0 Å². The largest absolute Gasteiger partial charge is 0.444 e. The molecule has 9 heteroatoms. The number of hydrogen-bond donors (Lipinski definition) is 1. The van der Waals surface area contributed by atoms with Crippen molar-refractivity contribution in [2.75, 3.05) is 36.7 Å². The summed E-state index contributed by atoms with van der Waals surface area (Å²) >= 11 is 0. The predicted octanol–water partition coefficient (Wildman–Crippen LogP) is 2.26. The summed E-state index contributed by atoms with van der Waals surface area (Å²) in [4.78, 5) is 19.4. The number of hydrogen-bond acceptors (Lipinski definition) is 6. The van der Waals surface area contributed by atoms with Crippen molar-refractivity contribution in [1.29, 1.82) is 0 Å². The Balaban J connectivity index is 1.26. The normalized spacial score (nSPS) is 17.7.